The molecule has 0 saturated heterocycles. The SMILES string of the molecule is Cc1cccc(-c2cc(CC(=O)O)nc(C)n2)c1. The zero-order valence-corrected chi connectivity index (χ0v) is 10.3. The summed E-state index contributed by atoms with van der Waals surface area (Å²) in [6.07, 6.45) is -0.0812. The van der Waals surface area contributed by atoms with Gasteiger partial charge in [0, 0.05) is 5.56 Å². The maximum absolute atomic E-state index is 10.7. The molecule has 0 atom stereocenters. The van der Waals surface area contributed by atoms with Crippen molar-refractivity contribution in [2.45, 2.75) is 20.3 Å². The van der Waals surface area contributed by atoms with Crippen LogP contribution >= 0.6 is 0 Å². The predicted octanol–water partition coefficient (Wildman–Crippen LogP) is 2.39. The lowest BCUT2D eigenvalue weighted by Crippen LogP contribution is -2.05. The number of aromatic nitrogens is 2. The molecule has 1 aromatic heterocycles. The van der Waals surface area contributed by atoms with Gasteiger partial charge in [-0.3, -0.25) is 4.79 Å². The highest BCUT2D eigenvalue weighted by Gasteiger charge is 2.07. The van der Waals surface area contributed by atoms with Gasteiger partial charge >= 0.3 is 5.97 Å². The molecule has 0 amide bonds. The average Bonchev–Trinajstić information content (AvgIpc) is 2.27. The van der Waals surface area contributed by atoms with Crippen LogP contribution in [-0.2, 0) is 11.2 Å². The topological polar surface area (TPSA) is 63.1 Å². The van der Waals surface area contributed by atoms with E-state index in [9.17, 15) is 4.79 Å². The molecule has 1 aromatic carbocycles. The van der Waals surface area contributed by atoms with Gasteiger partial charge in [-0.25, -0.2) is 9.97 Å². The Kier molecular flexibility index (Phi) is 3.37. The van der Waals surface area contributed by atoms with Crippen molar-refractivity contribution in [3.63, 3.8) is 0 Å². The summed E-state index contributed by atoms with van der Waals surface area (Å²) in [7, 11) is 0. The van der Waals surface area contributed by atoms with Crippen LogP contribution in [0.25, 0.3) is 11.3 Å². The summed E-state index contributed by atoms with van der Waals surface area (Å²) >= 11 is 0. The molecule has 92 valence electrons. The third-order valence-corrected chi connectivity index (χ3v) is 2.54. The van der Waals surface area contributed by atoms with Crippen LogP contribution < -0.4 is 0 Å². The fourth-order valence-corrected chi connectivity index (χ4v) is 1.83. The first kappa shape index (κ1) is 12.2. The average molecular weight is 242 g/mol. The molecule has 0 saturated carbocycles. The van der Waals surface area contributed by atoms with Crippen LogP contribution in [0.15, 0.2) is 30.3 Å². The first-order chi connectivity index (χ1) is 8.54. The van der Waals surface area contributed by atoms with Crippen molar-refractivity contribution in [3.8, 4) is 11.3 Å². The van der Waals surface area contributed by atoms with E-state index < -0.39 is 5.97 Å². The normalized spacial score (nSPS) is 10.3. The highest BCUT2D eigenvalue weighted by molar-refractivity contribution is 5.70. The maximum Gasteiger partial charge on any atom is 0.309 e. The zero-order valence-electron chi connectivity index (χ0n) is 10.3. The van der Waals surface area contributed by atoms with Gasteiger partial charge in [0.25, 0.3) is 0 Å². The summed E-state index contributed by atoms with van der Waals surface area (Å²) < 4.78 is 0. The second-order valence-electron chi connectivity index (χ2n) is 4.23. The number of aryl methyl sites for hydroxylation is 2. The van der Waals surface area contributed by atoms with Crippen LogP contribution in [0.2, 0.25) is 0 Å². The Bertz CT molecular complexity index is 594. The molecule has 0 bridgehead atoms. The van der Waals surface area contributed by atoms with Gasteiger partial charge in [-0.2, -0.15) is 0 Å². The van der Waals surface area contributed by atoms with Gasteiger partial charge in [-0.15, -0.1) is 0 Å². The lowest BCUT2D eigenvalue weighted by Gasteiger charge is -2.05. The molecule has 0 aliphatic rings. The first-order valence-corrected chi connectivity index (χ1v) is 5.68. The molecule has 0 aliphatic heterocycles. The summed E-state index contributed by atoms with van der Waals surface area (Å²) in [4.78, 5) is 19.2. The second kappa shape index (κ2) is 4.96. The fourth-order valence-electron chi connectivity index (χ4n) is 1.83. The number of nitrogens with zero attached hydrogens (tertiary/aromatic N) is 2. The molecule has 2 aromatic rings. The predicted molar refractivity (Wildman–Crippen MR) is 68.3 cm³/mol. The summed E-state index contributed by atoms with van der Waals surface area (Å²) in [5.41, 5.74) is 3.42. The van der Waals surface area contributed by atoms with Gasteiger partial charge in [-0.05, 0) is 26.0 Å². The van der Waals surface area contributed by atoms with Gasteiger partial charge < -0.3 is 5.11 Å². The van der Waals surface area contributed by atoms with Crippen LogP contribution in [0, 0.1) is 13.8 Å². The number of carboxylic acids is 1. The molecule has 4 nitrogen and oxygen atoms in total. The minimum Gasteiger partial charge on any atom is -0.481 e. The number of rotatable bonds is 3. The van der Waals surface area contributed by atoms with Crippen molar-refractivity contribution in [1.82, 2.24) is 9.97 Å². The standard InChI is InChI=1S/C14H14N2O2/c1-9-4-3-5-11(6-9)13-7-12(8-14(17)18)15-10(2)16-13/h3-7H,8H2,1-2H3,(H,17,18). The Hall–Kier alpha value is -2.23. The Morgan fingerprint density at radius 3 is 2.67 bits per heavy atom. The number of aliphatic carboxylic acids is 1. The molecule has 18 heavy (non-hydrogen) atoms. The summed E-state index contributed by atoms with van der Waals surface area (Å²) in [6.45, 7) is 3.78. The molecule has 2 rings (SSSR count). The monoisotopic (exact) mass is 242 g/mol. The van der Waals surface area contributed by atoms with E-state index in [2.05, 4.69) is 9.97 Å². The van der Waals surface area contributed by atoms with E-state index >= 15 is 0 Å². The smallest absolute Gasteiger partial charge is 0.309 e. The molecule has 0 radical (unpaired) electrons. The molecule has 1 N–H and O–H groups in total. The minimum absolute atomic E-state index is 0.0812. The van der Waals surface area contributed by atoms with E-state index in [4.69, 9.17) is 5.11 Å². The minimum atomic E-state index is -0.886. The summed E-state index contributed by atoms with van der Waals surface area (Å²) in [6, 6.07) is 9.68. The van der Waals surface area contributed by atoms with Crippen molar-refractivity contribution in [3.05, 3.63) is 47.4 Å². The quantitative estimate of drug-likeness (QED) is 0.897. The first-order valence-electron chi connectivity index (χ1n) is 5.68. The molecule has 4 heteroatoms. The van der Waals surface area contributed by atoms with E-state index in [1.807, 2.05) is 31.2 Å². The Labute approximate surface area is 105 Å². The molecule has 0 spiro atoms. The number of benzene rings is 1. The third-order valence-electron chi connectivity index (χ3n) is 2.54. The Morgan fingerprint density at radius 1 is 1.22 bits per heavy atom. The van der Waals surface area contributed by atoms with E-state index in [1.165, 1.54) is 0 Å². The highest BCUT2D eigenvalue weighted by Crippen LogP contribution is 2.19. The van der Waals surface area contributed by atoms with Crippen molar-refractivity contribution in [2.24, 2.45) is 0 Å². The number of hydrogen-bond acceptors (Lipinski definition) is 3. The second-order valence-corrected chi connectivity index (χ2v) is 4.23. The van der Waals surface area contributed by atoms with Crippen molar-refractivity contribution in [1.29, 1.82) is 0 Å². The molecule has 0 fully saturated rings. The zero-order chi connectivity index (χ0) is 13.1. The van der Waals surface area contributed by atoms with E-state index in [0.29, 0.717) is 11.5 Å². The van der Waals surface area contributed by atoms with E-state index in [-0.39, 0.29) is 6.42 Å². The van der Waals surface area contributed by atoms with Gasteiger partial charge in [0.05, 0.1) is 17.8 Å². The van der Waals surface area contributed by atoms with E-state index in [1.54, 1.807) is 13.0 Å². The fraction of sp³-hybridized carbons (Fsp3) is 0.214. The van der Waals surface area contributed by atoms with Gasteiger partial charge in [0.15, 0.2) is 0 Å². The van der Waals surface area contributed by atoms with Crippen LogP contribution in [-0.4, -0.2) is 21.0 Å². The molecule has 1 heterocycles. The summed E-state index contributed by atoms with van der Waals surface area (Å²) in [5, 5.41) is 8.80. The lowest BCUT2D eigenvalue weighted by molar-refractivity contribution is -0.136. The molecular formula is C14H14N2O2. The largest absolute Gasteiger partial charge is 0.481 e. The third kappa shape index (κ3) is 2.91. The van der Waals surface area contributed by atoms with Crippen LogP contribution in [0.1, 0.15) is 17.1 Å². The van der Waals surface area contributed by atoms with Crippen LogP contribution in [0.5, 0.6) is 0 Å². The number of hydrogen-bond donors (Lipinski definition) is 1. The van der Waals surface area contributed by atoms with Crippen molar-refractivity contribution >= 4 is 5.97 Å². The molecule has 0 unspecified atom stereocenters. The number of carboxylic acid groups (broad SMARTS) is 1. The molecule has 0 aliphatic carbocycles. The lowest BCUT2D eigenvalue weighted by atomic mass is 10.1. The Balaban J connectivity index is 2.44. The van der Waals surface area contributed by atoms with Crippen molar-refractivity contribution < 1.29 is 9.90 Å². The summed E-state index contributed by atoms with van der Waals surface area (Å²) in [5.74, 6) is -0.298. The van der Waals surface area contributed by atoms with Gasteiger partial charge in [-0.1, -0.05) is 23.8 Å². The van der Waals surface area contributed by atoms with Crippen LogP contribution in [0.3, 0.4) is 0 Å². The highest BCUT2D eigenvalue weighted by atomic mass is 16.4. The van der Waals surface area contributed by atoms with Gasteiger partial charge in [0.2, 0.25) is 0 Å². The van der Waals surface area contributed by atoms with E-state index in [0.717, 1.165) is 16.8 Å². The Morgan fingerprint density at radius 2 is 2.00 bits per heavy atom. The maximum atomic E-state index is 10.7. The molecular weight excluding hydrogens is 228 g/mol. The van der Waals surface area contributed by atoms with Crippen LogP contribution in [0.4, 0.5) is 0 Å². The number of carbonyl (C=O) groups is 1. The van der Waals surface area contributed by atoms with Crippen molar-refractivity contribution in [2.75, 3.05) is 0 Å². The van der Waals surface area contributed by atoms with Gasteiger partial charge in [0.1, 0.15) is 5.82 Å².